The minimum Gasteiger partial charge on any atom is -0.491 e. The van der Waals surface area contributed by atoms with Crippen LogP contribution in [0.5, 0.6) is 5.75 Å². The number of hydrogen-bond donors (Lipinski definition) is 2. The van der Waals surface area contributed by atoms with Gasteiger partial charge < -0.3 is 20.1 Å². The van der Waals surface area contributed by atoms with Gasteiger partial charge in [-0.25, -0.2) is 0 Å². The summed E-state index contributed by atoms with van der Waals surface area (Å²) < 4.78 is 10.5. The highest BCUT2D eigenvalue weighted by Crippen LogP contribution is 2.17. The summed E-state index contributed by atoms with van der Waals surface area (Å²) in [6, 6.07) is 14.4. The van der Waals surface area contributed by atoms with Crippen LogP contribution in [0.15, 0.2) is 48.5 Å². The van der Waals surface area contributed by atoms with Gasteiger partial charge in [0.25, 0.3) is 0 Å². The smallest absolute Gasteiger partial charge is 0.230 e. The summed E-state index contributed by atoms with van der Waals surface area (Å²) in [5.74, 6) is 0.490. The number of thiocarbonyl (C=S) groups is 1. The number of amides is 1. The molecule has 0 bridgehead atoms. The molecule has 0 aliphatic rings. The molecule has 1 amide bonds. The van der Waals surface area contributed by atoms with Gasteiger partial charge in [-0.05, 0) is 42.0 Å². The van der Waals surface area contributed by atoms with Crippen LogP contribution in [0, 0.1) is 0 Å². The molecule has 0 fully saturated rings. The second-order valence-corrected chi connectivity index (χ2v) is 6.02. The highest BCUT2D eigenvalue weighted by Gasteiger charge is 2.07. The summed E-state index contributed by atoms with van der Waals surface area (Å²) in [6.45, 7) is 0.971. The second kappa shape index (κ2) is 9.98. The Hall–Kier alpha value is -2.15. The number of carbonyl (C=O) groups excluding carboxylic acids is 1. The van der Waals surface area contributed by atoms with Crippen molar-refractivity contribution in [3.63, 3.8) is 0 Å². The molecule has 0 aliphatic carbocycles. The van der Waals surface area contributed by atoms with Crippen molar-refractivity contribution in [2.24, 2.45) is 0 Å². The Balaban J connectivity index is 1.83. The van der Waals surface area contributed by atoms with E-state index in [-0.39, 0.29) is 17.4 Å². The first-order valence-electron chi connectivity index (χ1n) is 7.64. The number of nitrogens with one attached hydrogen (secondary N) is 2. The average molecular weight is 379 g/mol. The SMILES string of the molecule is COCCOc1cccc(NC(=S)NC(=O)Cc2ccc(Cl)cc2)c1. The Morgan fingerprint density at radius 2 is 1.92 bits per heavy atom. The zero-order valence-electron chi connectivity index (χ0n) is 13.8. The highest BCUT2D eigenvalue weighted by atomic mass is 35.5. The molecule has 0 heterocycles. The fourth-order valence-corrected chi connectivity index (χ4v) is 2.38. The van der Waals surface area contributed by atoms with E-state index < -0.39 is 0 Å². The first-order chi connectivity index (χ1) is 12.1. The summed E-state index contributed by atoms with van der Waals surface area (Å²) >= 11 is 11.0. The van der Waals surface area contributed by atoms with Crippen molar-refractivity contribution < 1.29 is 14.3 Å². The Morgan fingerprint density at radius 3 is 2.64 bits per heavy atom. The molecule has 0 atom stereocenters. The van der Waals surface area contributed by atoms with Gasteiger partial charge in [-0.1, -0.05) is 29.8 Å². The van der Waals surface area contributed by atoms with E-state index in [0.29, 0.717) is 24.0 Å². The monoisotopic (exact) mass is 378 g/mol. The van der Waals surface area contributed by atoms with Crippen LogP contribution in [0.4, 0.5) is 5.69 Å². The lowest BCUT2D eigenvalue weighted by molar-refractivity contribution is -0.119. The molecule has 2 aromatic rings. The molecule has 0 aliphatic heterocycles. The largest absolute Gasteiger partial charge is 0.491 e. The van der Waals surface area contributed by atoms with Crippen molar-refractivity contribution in [1.29, 1.82) is 0 Å². The lowest BCUT2D eigenvalue weighted by Crippen LogP contribution is -2.35. The molecule has 2 N–H and O–H groups in total. The van der Waals surface area contributed by atoms with Gasteiger partial charge in [0, 0.05) is 23.9 Å². The number of hydrogen-bond acceptors (Lipinski definition) is 4. The van der Waals surface area contributed by atoms with Crippen LogP contribution >= 0.6 is 23.8 Å². The maximum Gasteiger partial charge on any atom is 0.230 e. The first-order valence-corrected chi connectivity index (χ1v) is 8.42. The summed E-state index contributed by atoms with van der Waals surface area (Å²) in [6.07, 6.45) is 0.221. The minimum atomic E-state index is -0.202. The molecule has 0 spiro atoms. The van der Waals surface area contributed by atoms with Crippen LogP contribution in [-0.4, -0.2) is 31.3 Å². The standard InChI is InChI=1S/C18H19ClN2O3S/c1-23-9-10-24-16-4-2-3-15(12-16)20-18(25)21-17(22)11-13-5-7-14(19)8-6-13/h2-8,12H,9-11H2,1H3,(H2,20,21,22,25). The highest BCUT2D eigenvalue weighted by molar-refractivity contribution is 7.80. The molecule has 0 saturated heterocycles. The van der Waals surface area contributed by atoms with Crippen LogP contribution < -0.4 is 15.4 Å². The molecule has 0 aromatic heterocycles. The zero-order valence-corrected chi connectivity index (χ0v) is 15.3. The van der Waals surface area contributed by atoms with E-state index in [9.17, 15) is 4.79 Å². The third kappa shape index (κ3) is 7.09. The molecule has 25 heavy (non-hydrogen) atoms. The van der Waals surface area contributed by atoms with Crippen molar-refractivity contribution in [2.45, 2.75) is 6.42 Å². The average Bonchev–Trinajstić information content (AvgIpc) is 2.57. The van der Waals surface area contributed by atoms with E-state index in [1.54, 1.807) is 37.4 Å². The molecule has 0 radical (unpaired) electrons. The van der Waals surface area contributed by atoms with E-state index in [0.717, 1.165) is 11.3 Å². The number of anilines is 1. The predicted octanol–water partition coefficient (Wildman–Crippen LogP) is 3.42. The molecule has 0 unspecified atom stereocenters. The van der Waals surface area contributed by atoms with Crippen LogP contribution in [0.25, 0.3) is 0 Å². The van der Waals surface area contributed by atoms with Gasteiger partial charge in [-0.3, -0.25) is 4.79 Å². The molecule has 2 rings (SSSR count). The van der Waals surface area contributed by atoms with Crippen LogP contribution in [0.3, 0.4) is 0 Å². The summed E-state index contributed by atoms with van der Waals surface area (Å²) in [7, 11) is 1.62. The fraction of sp³-hybridized carbons (Fsp3) is 0.222. The van der Waals surface area contributed by atoms with Gasteiger partial charge in [-0.15, -0.1) is 0 Å². The molecule has 2 aromatic carbocycles. The van der Waals surface area contributed by atoms with Crippen molar-refractivity contribution in [2.75, 3.05) is 25.6 Å². The number of halogens is 1. The Labute approximate surface area is 157 Å². The summed E-state index contributed by atoms with van der Waals surface area (Å²) in [5.41, 5.74) is 1.59. The third-order valence-corrected chi connectivity index (χ3v) is 3.64. The molecule has 5 nitrogen and oxygen atoms in total. The van der Waals surface area contributed by atoms with E-state index in [4.69, 9.17) is 33.3 Å². The lowest BCUT2D eigenvalue weighted by atomic mass is 10.1. The van der Waals surface area contributed by atoms with Gasteiger partial charge in [0.05, 0.1) is 13.0 Å². The van der Waals surface area contributed by atoms with Crippen LogP contribution in [-0.2, 0) is 16.0 Å². The van der Waals surface area contributed by atoms with Crippen molar-refractivity contribution in [3.8, 4) is 5.75 Å². The van der Waals surface area contributed by atoms with Gasteiger partial charge >= 0.3 is 0 Å². The minimum absolute atomic E-state index is 0.202. The molecule has 7 heteroatoms. The maximum atomic E-state index is 12.0. The molecular weight excluding hydrogens is 360 g/mol. The quantitative estimate of drug-likeness (QED) is 0.571. The number of carbonyl (C=O) groups is 1. The number of benzene rings is 2. The summed E-state index contributed by atoms with van der Waals surface area (Å²) in [4.78, 5) is 12.0. The number of methoxy groups -OCH3 is 1. The van der Waals surface area contributed by atoms with E-state index in [1.807, 2.05) is 18.2 Å². The van der Waals surface area contributed by atoms with Gasteiger partial charge in [0.2, 0.25) is 5.91 Å². The van der Waals surface area contributed by atoms with Gasteiger partial charge in [0.15, 0.2) is 5.11 Å². The number of ether oxygens (including phenoxy) is 2. The Bertz CT molecular complexity index is 723. The molecular formula is C18H19ClN2O3S. The molecule has 0 saturated carbocycles. The first kappa shape index (κ1) is 19.2. The summed E-state index contributed by atoms with van der Waals surface area (Å²) in [5, 5.41) is 6.48. The zero-order chi connectivity index (χ0) is 18.1. The van der Waals surface area contributed by atoms with Gasteiger partial charge in [-0.2, -0.15) is 0 Å². The second-order valence-electron chi connectivity index (χ2n) is 5.17. The van der Waals surface area contributed by atoms with E-state index in [1.165, 1.54) is 0 Å². The predicted molar refractivity (Wildman–Crippen MR) is 103 cm³/mol. The normalized spacial score (nSPS) is 10.2. The Kier molecular flexibility index (Phi) is 7.66. The Morgan fingerprint density at radius 1 is 1.16 bits per heavy atom. The number of rotatable bonds is 7. The molecule has 132 valence electrons. The van der Waals surface area contributed by atoms with Crippen LogP contribution in [0.1, 0.15) is 5.56 Å². The van der Waals surface area contributed by atoms with E-state index in [2.05, 4.69) is 10.6 Å². The third-order valence-electron chi connectivity index (χ3n) is 3.18. The maximum absolute atomic E-state index is 12.0. The lowest BCUT2D eigenvalue weighted by Gasteiger charge is -2.11. The topological polar surface area (TPSA) is 59.6 Å². The van der Waals surface area contributed by atoms with Crippen molar-refractivity contribution in [1.82, 2.24) is 5.32 Å². The van der Waals surface area contributed by atoms with Crippen molar-refractivity contribution in [3.05, 3.63) is 59.1 Å². The van der Waals surface area contributed by atoms with Crippen molar-refractivity contribution >= 4 is 40.5 Å². The van der Waals surface area contributed by atoms with Crippen LogP contribution in [0.2, 0.25) is 5.02 Å². The van der Waals surface area contributed by atoms with Gasteiger partial charge in [0.1, 0.15) is 12.4 Å². The fourth-order valence-electron chi connectivity index (χ4n) is 2.03. The van der Waals surface area contributed by atoms with E-state index >= 15 is 0 Å².